The summed E-state index contributed by atoms with van der Waals surface area (Å²) in [5, 5.41) is 19.2. The molecule has 0 unspecified atom stereocenters. The molecule has 0 fully saturated rings. The van der Waals surface area contributed by atoms with Gasteiger partial charge in [-0.2, -0.15) is 0 Å². The smallest absolute Gasteiger partial charge is 0.151 e. The van der Waals surface area contributed by atoms with Gasteiger partial charge < -0.3 is 0 Å². The first-order valence-electron chi connectivity index (χ1n) is 10.7. The second-order valence-corrected chi connectivity index (χ2v) is 20.9. The summed E-state index contributed by atoms with van der Waals surface area (Å²) in [6.45, 7) is 14.5. The lowest BCUT2D eigenvalue weighted by atomic mass is 10.5. The van der Waals surface area contributed by atoms with Crippen LogP contribution in [0.5, 0.6) is 0 Å². The van der Waals surface area contributed by atoms with Crippen LogP contribution in [-0.4, -0.2) is 66.1 Å². The van der Waals surface area contributed by atoms with Crippen molar-refractivity contribution in [3.63, 3.8) is 0 Å². The Balaban J connectivity index is 0.000000191. The Morgan fingerprint density at radius 1 is 0.765 bits per heavy atom. The van der Waals surface area contributed by atoms with Crippen molar-refractivity contribution in [2.45, 2.75) is 52.4 Å². The number of hydrogen-bond acceptors (Lipinski definition) is 8. The summed E-state index contributed by atoms with van der Waals surface area (Å²) in [5.74, 6) is 1.37. The SMILES string of the molecule is C[Si](C)(C)c1cn(Cc2nccc(Br)n2)nn1.C[Si](C)(C)c1cn(Cc2nccc(Cl)n2)nn1. The first-order chi connectivity index (χ1) is 15.9. The molecular formula is C20H28BrClN10Si2. The molecule has 10 nitrogen and oxygen atoms in total. The summed E-state index contributed by atoms with van der Waals surface area (Å²) in [5.41, 5.74) is 0. The minimum absolute atomic E-state index is 0.445. The van der Waals surface area contributed by atoms with Crippen molar-refractivity contribution in [2.75, 3.05) is 0 Å². The lowest BCUT2D eigenvalue weighted by Crippen LogP contribution is -2.38. The van der Waals surface area contributed by atoms with Crippen LogP contribution in [0.2, 0.25) is 44.4 Å². The summed E-state index contributed by atoms with van der Waals surface area (Å²) < 4.78 is 4.32. The van der Waals surface area contributed by atoms with Crippen LogP contribution in [0.25, 0.3) is 0 Å². The molecule has 0 saturated carbocycles. The lowest BCUT2D eigenvalue weighted by molar-refractivity contribution is 0.623. The van der Waals surface area contributed by atoms with Gasteiger partial charge in [0.25, 0.3) is 0 Å². The monoisotopic (exact) mass is 578 g/mol. The zero-order valence-corrected chi connectivity index (χ0v) is 24.4. The molecule has 4 aromatic heterocycles. The van der Waals surface area contributed by atoms with Crippen molar-refractivity contribution in [1.29, 1.82) is 0 Å². The van der Waals surface area contributed by atoms with Crippen LogP contribution in [-0.2, 0) is 13.1 Å². The second-order valence-electron chi connectivity index (χ2n) is 9.69. The normalized spacial score (nSPS) is 11.8. The van der Waals surface area contributed by atoms with E-state index in [4.69, 9.17) is 11.6 Å². The minimum atomic E-state index is -1.40. The maximum absolute atomic E-state index is 5.80. The molecule has 4 heterocycles. The largest absolute Gasteiger partial charge is 0.245 e. The molecule has 0 amide bonds. The van der Waals surface area contributed by atoms with Gasteiger partial charge in [-0.3, -0.25) is 0 Å². The Hall–Kier alpha value is -2.36. The van der Waals surface area contributed by atoms with Gasteiger partial charge in [0.2, 0.25) is 0 Å². The van der Waals surface area contributed by atoms with E-state index >= 15 is 0 Å². The maximum atomic E-state index is 5.80. The van der Waals surface area contributed by atoms with Crippen LogP contribution in [0.1, 0.15) is 11.6 Å². The van der Waals surface area contributed by atoms with Crippen LogP contribution < -0.4 is 10.6 Å². The van der Waals surface area contributed by atoms with E-state index in [0.29, 0.717) is 24.1 Å². The summed E-state index contributed by atoms with van der Waals surface area (Å²) >= 11 is 9.12. The van der Waals surface area contributed by atoms with Gasteiger partial charge >= 0.3 is 0 Å². The van der Waals surface area contributed by atoms with Crippen molar-refractivity contribution >= 4 is 54.3 Å². The van der Waals surface area contributed by atoms with Gasteiger partial charge in [-0.05, 0) is 28.1 Å². The first-order valence-corrected chi connectivity index (χ1v) is 18.8. The van der Waals surface area contributed by atoms with E-state index in [1.807, 2.05) is 12.4 Å². The average Bonchev–Trinajstić information content (AvgIpc) is 3.38. The number of hydrogen-bond donors (Lipinski definition) is 0. The predicted octanol–water partition coefficient (Wildman–Crippen LogP) is 2.74. The maximum Gasteiger partial charge on any atom is 0.151 e. The molecule has 0 aliphatic carbocycles. The standard InChI is InChI=1S/C10H14BrN5Si.C10H14ClN5Si/c2*1-17(2,3)10-7-16(15-14-10)6-9-12-5-4-8(11)13-9/h2*4-5,7H,6H2,1-3H3. The van der Waals surface area contributed by atoms with Crippen molar-refractivity contribution < 1.29 is 0 Å². The zero-order valence-electron chi connectivity index (χ0n) is 20.1. The molecule has 0 bridgehead atoms. The number of nitrogens with zero attached hydrogens (tertiary/aromatic N) is 10. The molecule has 0 N–H and O–H groups in total. The zero-order chi connectivity index (χ0) is 24.9. The molecule has 0 aromatic carbocycles. The van der Waals surface area contributed by atoms with Crippen LogP contribution in [0.4, 0.5) is 0 Å². The van der Waals surface area contributed by atoms with Crippen LogP contribution in [0.15, 0.2) is 41.5 Å². The van der Waals surface area contributed by atoms with Crippen molar-refractivity contribution in [3.05, 3.63) is 58.3 Å². The second kappa shape index (κ2) is 10.9. The van der Waals surface area contributed by atoms with Gasteiger partial charge in [-0.25, -0.2) is 29.3 Å². The van der Waals surface area contributed by atoms with Crippen LogP contribution in [0, 0.1) is 0 Å². The molecular weight excluding hydrogens is 552 g/mol. The number of halogens is 2. The summed E-state index contributed by atoms with van der Waals surface area (Å²) in [7, 11) is -2.79. The molecule has 4 rings (SSSR count). The van der Waals surface area contributed by atoms with E-state index < -0.39 is 16.1 Å². The Bertz CT molecular complexity index is 1140. The highest BCUT2D eigenvalue weighted by Gasteiger charge is 2.21. The van der Waals surface area contributed by atoms with Crippen LogP contribution in [0.3, 0.4) is 0 Å². The van der Waals surface area contributed by atoms with E-state index in [2.05, 4.69) is 95.8 Å². The fourth-order valence-corrected chi connectivity index (χ4v) is 4.87. The molecule has 4 aromatic rings. The number of aromatic nitrogens is 10. The van der Waals surface area contributed by atoms with Gasteiger partial charge in [0.1, 0.15) is 39.0 Å². The topological polar surface area (TPSA) is 113 Å². The molecule has 0 aliphatic rings. The quantitative estimate of drug-likeness (QED) is 0.253. The van der Waals surface area contributed by atoms with Crippen molar-refractivity contribution in [1.82, 2.24) is 49.9 Å². The highest BCUT2D eigenvalue weighted by atomic mass is 79.9. The Morgan fingerprint density at radius 2 is 1.24 bits per heavy atom. The fraction of sp³-hybridized carbons (Fsp3) is 0.400. The summed E-state index contributed by atoms with van der Waals surface area (Å²) in [6, 6.07) is 3.46. The fourth-order valence-electron chi connectivity index (χ4n) is 2.63. The molecule has 0 radical (unpaired) electrons. The molecule has 0 saturated heterocycles. The molecule has 14 heteroatoms. The highest BCUT2D eigenvalue weighted by molar-refractivity contribution is 9.10. The van der Waals surface area contributed by atoms with E-state index in [-0.39, 0.29) is 0 Å². The van der Waals surface area contributed by atoms with Gasteiger partial charge in [0, 0.05) is 24.8 Å². The van der Waals surface area contributed by atoms with E-state index in [1.165, 1.54) is 0 Å². The average molecular weight is 580 g/mol. The van der Waals surface area contributed by atoms with E-state index in [1.54, 1.807) is 33.9 Å². The Kier molecular flexibility index (Phi) is 8.44. The van der Waals surface area contributed by atoms with Crippen molar-refractivity contribution in [2.24, 2.45) is 0 Å². The van der Waals surface area contributed by atoms with Gasteiger partial charge in [0.15, 0.2) is 11.6 Å². The third-order valence-electron chi connectivity index (χ3n) is 4.56. The molecule has 0 atom stereocenters. The van der Waals surface area contributed by atoms with Gasteiger partial charge in [-0.15, -0.1) is 10.2 Å². The molecule has 34 heavy (non-hydrogen) atoms. The van der Waals surface area contributed by atoms with E-state index in [0.717, 1.165) is 21.1 Å². The summed E-state index contributed by atoms with van der Waals surface area (Å²) in [4.78, 5) is 16.7. The lowest BCUT2D eigenvalue weighted by Gasteiger charge is -2.09. The third kappa shape index (κ3) is 7.86. The predicted molar refractivity (Wildman–Crippen MR) is 141 cm³/mol. The highest BCUT2D eigenvalue weighted by Crippen LogP contribution is 2.06. The van der Waals surface area contributed by atoms with Crippen molar-refractivity contribution in [3.8, 4) is 0 Å². The third-order valence-corrected chi connectivity index (χ3v) is 8.75. The molecule has 0 aliphatic heterocycles. The van der Waals surface area contributed by atoms with Gasteiger partial charge in [-0.1, -0.05) is 61.3 Å². The summed E-state index contributed by atoms with van der Waals surface area (Å²) in [6.07, 6.45) is 7.33. The Labute approximate surface area is 214 Å². The first kappa shape index (κ1) is 26.3. The van der Waals surface area contributed by atoms with E-state index in [9.17, 15) is 0 Å². The number of rotatable bonds is 6. The van der Waals surface area contributed by atoms with Gasteiger partial charge in [0.05, 0.1) is 10.6 Å². The Morgan fingerprint density at radius 3 is 1.65 bits per heavy atom. The molecule has 0 spiro atoms. The molecule has 180 valence electrons. The minimum Gasteiger partial charge on any atom is -0.245 e. The van der Waals surface area contributed by atoms with Crippen LogP contribution >= 0.6 is 27.5 Å².